The number of ether oxygens (including phenoxy) is 1. The predicted octanol–water partition coefficient (Wildman–Crippen LogP) is 2.62. The second kappa shape index (κ2) is 5.50. The number of aryl methyl sites for hydroxylation is 1. The molecule has 1 nitrogen and oxygen atoms in total. The van der Waals surface area contributed by atoms with E-state index in [2.05, 4.69) is 11.8 Å². The minimum atomic E-state index is 0.358. The van der Waals surface area contributed by atoms with E-state index in [0.29, 0.717) is 12.5 Å². The highest BCUT2D eigenvalue weighted by molar-refractivity contribution is 6.19. The van der Waals surface area contributed by atoms with E-state index in [1.165, 1.54) is 5.56 Å². The normalized spacial score (nSPS) is 8.77. The Balaban J connectivity index is 2.45. The summed E-state index contributed by atoms with van der Waals surface area (Å²) in [5.41, 5.74) is 1.18. The van der Waals surface area contributed by atoms with Gasteiger partial charge in [0.05, 0.1) is 5.88 Å². The zero-order valence-electron chi connectivity index (χ0n) is 7.51. The molecule has 0 aromatic heterocycles. The van der Waals surface area contributed by atoms with E-state index >= 15 is 0 Å². The second-order valence-corrected chi connectivity index (χ2v) is 2.86. The van der Waals surface area contributed by atoms with Gasteiger partial charge in [0.2, 0.25) is 0 Å². The highest BCUT2D eigenvalue weighted by atomic mass is 35.5. The van der Waals surface area contributed by atoms with Gasteiger partial charge in [-0.1, -0.05) is 24.0 Å². The number of halogens is 1. The summed E-state index contributed by atoms with van der Waals surface area (Å²) in [4.78, 5) is 0. The van der Waals surface area contributed by atoms with Gasteiger partial charge in [-0.15, -0.1) is 11.6 Å². The summed E-state index contributed by atoms with van der Waals surface area (Å²) >= 11 is 5.38. The van der Waals surface area contributed by atoms with Crippen LogP contribution in [0.4, 0.5) is 0 Å². The molecule has 0 saturated heterocycles. The van der Waals surface area contributed by atoms with Gasteiger partial charge >= 0.3 is 0 Å². The molecule has 0 spiro atoms. The molecular formula is C11H11ClO. The van der Waals surface area contributed by atoms with Crippen LogP contribution in [-0.2, 0) is 0 Å². The first-order valence-corrected chi connectivity index (χ1v) is 4.57. The van der Waals surface area contributed by atoms with E-state index in [4.69, 9.17) is 16.3 Å². The molecule has 1 rings (SSSR count). The first-order valence-electron chi connectivity index (χ1n) is 4.04. The molecule has 68 valence electrons. The number of hydrogen-bond acceptors (Lipinski definition) is 1. The van der Waals surface area contributed by atoms with Crippen LogP contribution >= 0.6 is 11.6 Å². The van der Waals surface area contributed by atoms with Crippen molar-refractivity contribution in [3.63, 3.8) is 0 Å². The van der Waals surface area contributed by atoms with Gasteiger partial charge in [-0.2, -0.15) is 0 Å². The highest BCUT2D eigenvalue weighted by Crippen LogP contribution is 2.11. The molecule has 0 aliphatic rings. The van der Waals surface area contributed by atoms with E-state index in [1.807, 2.05) is 31.2 Å². The molecule has 0 unspecified atom stereocenters. The molecule has 2 heteroatoms. The molecule has 0 heterocycles. The lowest BCUT2D eigenvalue weighted by Gasteiger charge is -2.01. The molecule has 1 aromatic rings. The van der Waals surface area contributed by atoms with Crippen molar-refractivity contribution >= 4 is 11.6 Å². The number of benzene rings is 1. The van der Waals surface area contributed by atoms with Crippen molar-refractivity contribution in [3.8, 4) is 17.6 Å². The second-order valence-electron chi connectivity index (χ2n) is 2.59. The molecule has 1 aromatic carbocycles. The fourth-order valence-electron chi connectivity index (χ4n) is 0.923. The molecule has 0 radical (unpaired) electrons. The summed E-state index contributed by atoms with van der Waals surface area (Å²) in [7, 11) is 0. The lowest BCUT2D eigenvalue weighted by atomic mass is 10.2. The molecule has 13 heavy (non-hydrogen) atoms. The van der Waals surface area contributed by atoms with Crippen molar-refractivity contribution in [2.75, 3.05) is 12.5 Å². The molecule has 0 aliphatic carbocycles. The van der Waals surface area contributed by atoms with Gasteiger partial charge in [0, 0.05) is 0 Å². The van der Waals surface area contributed by atoms with Crippen molar-refractivity contribution in [3.05, 3.63) is 29.8 Å². The largest absolute Gasteiger partial charge is 0.481 e. The Bertz CT molecular complexity index is 322. The van der Waals surface area contributed by atoms with E-state index in [9.17, 15) is 0 Å². The van der Waals surface area contributed by atoms with Gasteiger partial charge in [0.1, 0.15) is 12.4 Å². The third-order valence-electron chi connectivity index (χ3n) is 1.49. The number of hydrogen-bond donors (Lipinski definition) is 0. The van der Waals surface area contributed by atoms with Crippen LogP contribution in [-0.4, -0.2) is 12.5 Å². The van der Waals surface area contributed by atoms with Gasteiger partial charge in [-0.25, -0.2) is 0 Å². The van der Waals surface area contributed by atoms with Gasteiger partial charge in [0.25, 0.3) is 0 Å². The van der Waals surface area contributed by atoms with Crippen LogP contribution in [0.15, 0.2) is 24.3 Å². The third-order valence-corrected chi connectivity index (χ3v) is 1.63. The Kier molecular flexibility index (Phi) is 4.21. The van der Waals surface area contributed by atoms with E-state index < -0.39 is 0 Å². The molecule has 0 atom stereocenters. The summed E-state index contributed by atoms with van der Waals surface area (Å²) in [5.74, 6) is 6.73. The molecule has 0 amide bonds. The van der Waals surface area contributed by atoms with Crippen molar-refractivity contribution in [1.82, 2.24) is 0 Å². The van der Waals surface area contributed by atoms with Crippen molar-refractivity contribution in [2.45, 2.75) is 6.92 Å². The molecule has 0 bridgehead atoms. The Morgan fingerprint density at radius 1 is 1.38 bits per heavy atom. The molecule has 0 fully saturated rings. The standard InChI is InChI=1S/C11H11ClO/c1-10-5-4-6-11(9-10)13-8-3-2-7-12/h4-6,9H,7-8H2,1H3. The van der Waals surface area contributed by atoms with Gasteiger partial charge in [0.15, 0.2) is 0 Å². The summed E-state index contributed by atoms with van der Waals surface area (Å²) in [6, 6.07) is 7.87. The maximum Gasteiger partial charge on any atom is 0.149 e. The summed E-state index contributed by atoms with van der Waals surface area (Å²) < 4.78 is 5.36. The lowest BCUT2D eigenvalue weighted by Crippen LogP contribution is -1.93. The van der Waals surface area contributed by atoms with Crippen LogP contribution in [0.25, 0.3) is 0 Å². The predicted molar refractivity (Wildman–Crippen MR) is 55.2 cm³/mol. The van der Waals surface area contributed by atoms with Crippen LogP contribution in [0.1, 0.15) is 5.56 Å². The topological polar surface area (TPSA) is 9.23 Å². The number of rotatable bonds is 2. The number of alkyl halides is 1. The van der Waals surface area contributed by atoms with E-state index in [1.54, 1.807) is 0 Å². The quantitative estimate of drug-likeness (QED) is 0.520. The smallest absolute Gasteiger partial charge is 0.149 e. The first kappa shape index (κ1) is 9.95. The lowest BCUT2D eigenvalue weighted by molar-refractivity contribution is 0.370. The highest BCUT2D eigenvalue weighted by Gasteiger charge is 1.90. The van der Waals surface area contributed by atoms with Gasteiger partial charge < -0.3 is 4.74 Å². The van der Waals surface area contributed by atoms with Crippen LogP contribution in [0.2, 0.25) is 0 Å². The molecule has 0 saturated carbocycles. The van der Waals surface area contributed by atoms with Crippen LogP contribution < -0.4 is 4.74 Å². The van der Waals surface area contributed by atoms with Crippen molar-refractivity contribution in [1.29, 1.82) is 0 Å². The van der Waals surface area contributed by atoms with Crippen molar-refractivity contribution in [2.24, 2.45) is 0 Å². The molecular weight excluding hydrogens is 184 g/mol. The zero-order chi connectivity index (χ0) is 9.52. The summed E-state index contributed by atoms with van der Waals surface area (Å²) in [6.07, 6.45) is 0. The van der Waals surface area contributed by atoms with Crippen LogP contribution in [0.3, 0.4) is 0 Å². The maximum absolute atomic E-state index is 5.38. The fourth-order valence-corrected chi connectivity index (χ4v) is 1.02. The average Bonchev–Trinajstić information content (AvgIpc) is 2.13. The fraction of sp³-hybridized carbons (Fsp3) is 0.273. The average molecular weight is 195 g/mol. The van der Waals surface area contributed by atoms with Gasteiger partial charge in [-0.05, 0) is 24.6 Å². The Labute approximate surface area is 83.7 Å². The van der Waals surface area contributed by atoms with E-state index in [0.717, 1.165) is 5.75 Å². The summed E-state index contributed by atoms with van der Waals surface area (Å²) in [6.45, 7) is 2.42. The minimum absolute atomic E-state index is 0.358. The van der Waals surface area contributed by atoms with Crippen LogP contribution in [0.5, 0.6) is 5.75 Å². The third kappa shape index (κ3) is 3.87. The Morgan fingerprint density at radius 2 is 2.23 bits per heavy atom. The van der Waals surface area contributed by atoms with E-state index in [-0.39, 0.29) is 0 Å². The Morgan fingerprint density at radius 3 is 2.92 bits per heavy atom. The maximum atomic E-state index is 5.38. The Hall–Kier alpha value is -1.13. The molecule has 0 aliphatic heterocycles. The summed E-state index contributed by atoms with van der Waals surface area (Å²) in [5, 5.41) is 0. The zero-order valence-corrected chi connectivity index (χ0v) is 8.27. The van der Waals surface area contributed by atoms with Gasteiger partial charge in [-0.3, -0.25) is 0 Å². The first-order chi connectivity index (χ1) is 6.33. The monoisotopic (exact) mass is 194 g/mol. The molecule has 0 N–H and O–H groups in total. The SMILES string of the molecule is Cc1cccc(OCC#CCCl)c1. The minimum Gasteiger partial charge on any atom is -0.481 e. The van der Waals surface area contributed by atoms with Crippen molar-refractivity contribution < 1.29 is 4.74 Å². The van der Waals surface area contributed by atoms with Crippen LogP contribution in [0, 0.1) is 18.8 Å².